The van der Waals surface area contributed by atoms with Crippen LogP contribution in [-0.4, -0.2) is 35.9 Å². The van der Waals surface area contributed by atoms with E-state index in [0.717, 1.165) is 0 Å². The predicted molar refractivity (Wildman–Crippen MR) is 96.7 cm³/mol. The van der Waals surface area contributed by atoms with Gasteiger partial charge in [-0.05, 0) is 17.5 Å². The lowest BCUT2D eigenvalue weighted by molar-refractivity contribution is 0.0940. The Hall–Kier alpha value is -2.47. The summed E-state index contributed by atoms with van der Waals surface area (Å²) >= 11 is 0. The van der Waals surface area contributed by atoms with E-state index in [-0.39, 0.29) is 23.1 Å². The number of ether oxygens (including phenoxy) is 1. The maximum Gasteiger partial charge on any atom is 0.271 e. The highest BCUT2D eigenvalue weighted by atomic mass is 16.5. The topological polar surface area (TPSA) is 73.2 Å². The van der Waals surface area contributed by atoms with Crippen LogP contribution in [0.25, 0.3) is 0 Å². The average molecular weight is 343 g/mol. The number of carbonyl (C=O) groups is 1. The lowest BCUT2D eigenvalue weighted by Crippen LogP contribution is -2.33. The summed E-state index contributed by atoms with van der Waals surface area (Å²) in [6, 6.07) is 12.9. The highest BCUT2D eigenvalue weighted by molar-refractivity contribution is 5.92. The van der Waals surface area contributed by atoms with Crippen LogP contribution in [0.15, 0.2) is 47.3 Å². The number of rotatable bonds is 8. The van der Waals surface area contributed by atoms with E-state index >= 15 is 0 Å². The minimum Gasteiger partial charge on any atom is -0.383 e. The van der Waals surface area contributed by atoms with Crippen molar-refractivity contribution in [2.75, 3.05) is 20.3 Å². The monoisotopic (exact) mass is 343 g/mol. The molecule has 1 aromatic heterocycles. The van der Waals surface area contributed by atoms with Gasteiger partial charge in [0.15, 0.2) is 0 Å². The molecule has 1 heterocycles. The molecule has 1 atom stereocenters. The van der Waals surface area contributed by atoms with E-state index in [0.29, 0.717) is 25.6 Å². The molecular formula is C19H25N3O3. The minimum atomic E-state index is -0.284. The van der Waals surface area contributed by atoms with Crippen molar-refractivity contribution in [2.45, 2.75) is 26.3 Å². The predicted octanol–water partition coefficient (Wildman–Crippen LogP) is 2.06. The number of methoxy groups -OCH3 is 1. The van der Waals surface area contributed by atoms with E-state index in [4.69, 9.17) is 4.74 Å². The van der Waals surface area contributed by atoms with Crippen LogP contribution < -0.4 is 10.9 Å². The van der Waals surface area contributed by atoms with Crippen molar-refractivity contribution < 1.29 is 9.53 Å². The Labute approximate surface area is 147 Å². The molecule has 0 aliphatic carbocycles. The Bertz CT molecular complexity index is 741. The number of carbonyl (C=O) groups excluding carboxylic acids is 1. The third-order valence-electron chi connectivity index (χ3n) is 4.12. The van der Waals surface area contributed by atoms with E-state index in [1.165, 1.54) is 22.4 Å². The number of amides is 1. The summed E-state index contributed by atoms with van der Waals surface area (Å²) in [5.41, 5.74) is 1.17. The Balaban J connectivity index is 2.07. The smallest absolute Gasteiger partial charge is 0.271 e. The average Bonchev–Trinajstić information content (AvgIpc) is 2.61. The molecule has 0 saturated carbocycles. The molecule has 2 rings (SSSR count). The first-order chi connectivity index (χ1) is 12.0. The SMILES string of the molecule is COCCn1nc(C(=O)NC[C@@H](c2ccccc2)C(C)C)ccc1=O. The maximum atomic E-state index is 12.4. The van der Waals surface area contributed by atoms with Crippen LogP contribution in [-0.2, 0) is 11.3 Å². The van der Waals surface area contributed by atoms with E-state index in [1.807, 2.05) is 18.2 Å². The molecule has 1 N–H and O–H groups in total. The van der Waals surface area contributed by atoms with Crippen molar-refractivity contribution in [3.05, 3.63) is 64.1 Å². The molecule has 0 fully saturated rings. The first-order valence-corrected chi connectivity index (χ1v) is 8.43. The zero-order chi connectivity index (χ0) is 18.2. The second-order valence-corrected chi connectivity index (χ2v) is 6.24. The lowest BCUT2D eigenvalue weighted by Gasteiger charge is -2.21. The number of benzene rings is 1. The molecule has 2 aromatic rings. The Morgan fingerprint density at radius 1 is 1.20 bits per heavy atom. The van der Waals surface area contributed by atoms with Crippen LogP contribution in [0.2, 0.25) is 0 Å². The molecule has 0 spiro atoms. The van der Waals surface area contributed by atoms with Gasteiger partial charge in [-0.3, -0.25) is 9.59 Å². The van der Waals surface area contributed by atoms with E-state index in [1.54, 1.807) is 7.11 Å². The molecule has 6 heteroatoms. The zero-order valence-electron chi connectivity index (χ0n) is 14.9. The van der Waals surface area contributed by atoms with Gasteiger partial charge in [-0.25, -0.2) is 4.68 Å². The largest absolute Gasteiger partial charge is 0.383 e. The quantitative estimate of drug-likeness (QED) is 0.796. The standard InChI is InChI=1S/C19H25N3O3/c1-14(2)16(15-7-5-4-6-8-15)13-20-19(24)17-9-10-18(23)22(21-17)11-12-25-3/h4-10,14,16H,11-13H2,1-3H3,(H,20,24)/t16-/m1/s1. The molecule has 0 bridgehead atoms. The number of hydrogen-bond donors (Lipinski definition) is 1. The van der Waals surface area contributed by atoms with E-state index < -0.39 is 0 Å². The Morgan fingerprint density at radius 3 is 2.56 bits per heavy atom. The number of nitrogens with zero attached hydrogens (tertiary/aromatic N) is 2. The van der Waals surface area contributed by atoms with Crippen LogP contribution in [0.3, 0.4) is 0 Å². The molecule has 1 aromatic carbocycles. The van der Waals surface area contributed by atoms with Crippen LogP contribution in [0.4, 0.5) is 0 Å². The molecule has 0 unspecified atom stereocenters. The summed E-state index contributed by atoms with van der Waals surface area (Å²) in [5, 5.41) is 7.05. The van der Waals surface area contributed by atoms with Crippen LogP contribution in [0.1, 0.15) is 35.8 Å². The summed E-state index contributed by atoms with van der Waals surface area (Å²) < 4.78 is 6.20. The third kappa shape index (κ3) is 5.26. The Morgan fingerprint density at radius 2 is 1.92 bits per heavy atom. The van der Waals surface area contributed by atoms with Gasteiger partial charge in [0, 0.05) is 25.6 Å². The fraction of sp³-hybridized carbons (Fsp3) is 0.421. The summed E-state index contributed by atoms with van der Waals surface area (Å²) in [4.78, 5) is 24.2. The highest BCUT2D eigenvalue weighted by Gasteiger charge is 2.18. The van der Waals surface area contributed by atoms with Crippen LogP contribution >= 0.6 is 0 Å². The van der Waals surface area contributed by atoms with Gasteiger partial charge in [-0.15, -0.1) is 0 Å². The molecule has 25 heavy (non-hydrogen) atoms. The molecule has 134 valence electrons. The second kappa shape index (κ2) is 9.13. The molecule has 0 radical (unpaired) electrons. The van der Waals surface area contributed by atoms with Gasteiger partial charge in [0.05, 0.1) is 13.2 Å². The summed E-state index contributed by atoms with van der Waals surface area (Å²) in [7, 11) is 1.55. The first-order valence-electron chi connectivity index (χ1n) is 8.43. The molecule has 6 nitrogen and oxygen atoms in total. The van der Waals surface area contributed by atoms with Gasteiger partial charge in [0.1, 0.15) is 5.69 Å². The van der Waals surface area contributed by atoms with Crippen LogP contribution in [0, 0.1) is 5.92 Å². The Kier molecular flexibility index (Phi) is 6.89. The van der Waals surface area contributed by atoms with Gasteiger partial charge in [-0.1, -0.05) is 44.2 Å². The van der Waals surface area contributed by atoms with Gasteiger partial charge in [-0.2, -0.15) is 5.10 Å². The summed E-state index contributed by atoms with van der Waals surface area (Å²) in [6.45, 7) is 5.45. The molecule has 0 aliphatic rings. The zero-order valence-corrected chi connectivity index (χ0v) is 14.9. The van der Waals surface area contributed by atoms with E-state index in [9.17, 15) is 9.59 Å². The normalized spacial score (nSPS) is 12.2. The third-order valence-corrected chi connectivity index (χ3v) is 4.12. The number of hydrogen-bond acceptors (Lipinski definition) is 4. The minimum absolute atomic E-state index is 0.213. The van der Waals surface area contributed by atoms with Crippen molar-refractivity contribution in [1.82, 2.24) is 15.1 Å². The van der Waals surface area contributed by atoms with Crippen molar-refractivity contribution in [3.63, 3.8) is 0 Å². The van der Waals surface area contributed by atoms with Gasteiger partial charge < -0.3 is 10.1 Å². The first kappa shape index (κ1) is 18.9. The summed E-state index contributed by atoms with van der Waals surface area (Å²) in [5.74, 6) is 0.309. The fourth-order valence-electron chi connectivity index (χ4n) is 2.64. The van der Waals surface area contributed by atoms with Gasteiger partial charge in [0.25, 0.3) is 11.5 Å². The molecular weight excluding hydrogens is 318 g/mol. The number of nitrogens with one attached hydrogen (secondary N) is 1. The highest BCUT2D eigenvalue weighted by Crippen LogP contribution is 2.23. The molecule has 1 amide bonds. The van der Waals surface area contributed by atoms with E-state index in [2.05, 4.69) is 36.4 Å². The maximum absolute atomic E-state index is 12.4. The van der Waals surface area contributed by atoms with Crippen LogP contribution in [0.5, 0.6) is 0 Å². The second-order valence-electron chi connectivity index (χ2n) is 6.24. The lowest BCUT2D eigenvalue weighted by atomic mass is 9.88. The summed E-state index contributed by atoms with van der Waals surface area (Å²) in [6.07, 6.45) is 0. The fourth-order valence-corrected chi connectivity index (χ4v) is 2.64. The van der Waals surface area contributed by atoms with Crippen molar-refractivity contribution in [1.29, 1.82) is 0 Å². The van der Waals surface area contributed by atoms with Gasteiger partial charge in [0.2, 0.25) is 0 Å². The molecule has 0 aliphatic heterocycles. The molecule has 0 saturated heterocycles. The van der Waals surface area contributed by atoms with Crippen molar-refractivity contribution in [3.8, 4) is 0 Å². The van der Waals surface area contributed by atoms with Crippen molar-refractivity contribution >= 4 is 5.91 Å². The van der Waals surface area contributed by atoms with Crippen molar-refractivity contribution in [2.24, 2.45) is 5.92 Å². The van der Waals surface area contributed by atoms with Gasteiger partial charge >= 0.3 is 0 Å². The number of aromatic nitrogens is 2.